The van der Waals surface area contributed by atoms with Crippen LogP contribution in [0.3, 0.4) is 0 Å². The summed E-state index contributed by atoms with van der Waals surface area (Å²) in [5, 5.41) is 2.99. The van der Waals surface area contributed by atoms with Gasteiger partial charge in [-0.3, -0.25) is 4.79 Å². The molecule has 1 aliphatic carbocycles. The Morgan fingerprint density at radius 3 is 2.39 bits per heavy atom. The van der Waals surface area contributed by atoms with Crippen LogP contribution < -0.4 is 11.1 Å². The van der Waals surface area contributed by atoms with E-state index in [9.17, 15) is 4.79 Å². The van der Waals surface area contributed by atoms with Gasteiger partial charge in [0, 0.05) is 13.1 Å². The maximum atomic E-state index is 11.9. The SMILES string of the molecule is CCc1ccc(CCNC(=O)C2(CN)CC2)cc1. The van der Waals surface area contributed by atoms with Crippen molar-refractivity contribution in [3.8, 4) is 0 Å². The smallest absolute Gasteiger partial charge is 0.227 e. The number of rotatable bonds is 6. The molecule has 0 radical (unpaired) electrons. The van der Waals surface area contributed by atoms with Gasteiger partial charge < -0.3 is 11.1 Å². The van der Waals surface area contributed by atoms with Gasteiger partial charge in [0.05, 0.1) is 5.41 Å². The summed E-state index contributed by atoms with van der Waals surface area (Å²) in [6, 6.07) is 8.58. The molecule has 1 aromatic rings. The topological polar surface area (TPSA) is 55.1 Å². The highest BCUT2D eigenvalue weighted by Crippen LogP contribution is 2.44. The number of carbonyl (C=O) groups excluding carboxylic acids is 1. The minimum Gasteiger partial charge on any atom is -0.355 e. The first-order chi connectivity index (χ1) is 8.70. The Bertz CT molecular complexity index is 407. The highest BCUT2D eigenvalue weighted by molar-refractivity contribution is 5.85. The summed E-state index contributed by atoms with van der Waals surface area (Å²) in [5.74, 6) is 0.134. The number of benzene rings is 1. The van der Waals surface area contributed by atoms with Crippen LogP contribution in [-0.2, 0) is 17.6 Å². The predicted octanol–water partition coefficient (Wildman–Crippen LogP) is 1.65. The van der Waals surface area contributed by atoms with Gasteiger partial charge in [0.1, 0.15) is 0 Å². The van der Waals surface area contributed by atoms with Gasteiger partial charge in [-0.05, 0) is 36.8 Å². The fourth-order valence-corrected chi connectivity index (χ4v) is 2.12. The molecule has 2 rings (SSSR count). The number of hydrogen-bond donors (Lipinski definition) is 2. The summed E-state index contributed by atoms with van der Waals surface area (Å²) >= 11 is 0. The highest BCUT2D eigenvalue weighted by Gasteiger charge is 2.48. The molecule has 0 aliphatic heterocycles. The number of amides is 1. The lowest BCUT2D eigenvalue weighted by atomic mass is 10.1. The lowest BCUT2D eigenvalue weighted by molar-refractivity contribution is -0.125. The number of hydrogen-bond acceptors (Lipinski definition) is 2. The summed E-state index contributed by atoms with van der Waals surface area (Å²) in [4.78, 5) is 11.9. The van der Waals surface area contributed by atoms with Crippen LogP contribution in [0.2, 0.25) is 0 Å². The summed E-state index contributed by atoms with van der Waals surface area (Å²) in [5.41, 5.74) is 8.01. The van der Waals surface area contributed by atoms with Crippen molar-refractivity contribution >= 4 is 5.91 Å². The van der Waals surface area contributed by atoms with Gasteiger partial charge in [-0.15, -0.1) is 0 Å². The summed E-state index contributed by atoms with van der Waals surface area (Å²) in [6.45, 7) is 3.33. The molecular weight excluding hydrogens is 224 g/mol. The number of carbonyl (C=O) groups is 1. The van der Waals surface area contributed by atoms with Crippen molar-refractivity contribution in [2.24, 2.45) is 11.1 Å². The maximum Gasteiger partial charge on any atom is 0.227 e. The van der Waals surface area contributed by atoms with Gasteiger partial charge in [0.25, 0.3) is 0 Å². The third-order valence-corrected chi connectivity index (χ3v) is 3.86. The van der Waals surface area contributed by atoms with Crippen LogP contribution in [0.4, 0.5) is 0 Å². The lowest BCUT2D eigenvalue weighted by Gasteiger charge is -2.12. The molecule has 1 amide bonds. The van der Waals surface area contributed by atoms with Gasteiger partial charge in [-0.2, -0.15) is 0 Å². The first-order valence-electron chi connectivity index (χ1n) is 6.76. The van der Waals surface area contributed by atoms with E-state index in [1.807, 2.05) is 0 Å². The summed E-state index contributed by atoms with van der Waals surface area (Å²) in [7, 11) is 0. The maximum absolute atomic E-state index is 11.9. The number of nitrogens with one attached hydrogen (secondary N) is 1. The minimum absolute atomic E-state index is 0.134. The molecular formula is C15H22N2O. The van der Waals surface area contributed by atoms with Crippen molar-refractivity contribution in [3.05, 3.63) is 35.4 Å². The average Bonchev–Trinajstić information content (AvgIpc) is 3.20. The third-order valence-electron chi connectivity index (χ3n) is 3.86. The Balaban J connectivity index is 1.76. The molecule has 1 aliphatic rings. The van der Waals surface area contributed by atoms with E-state index in [0.717, 1.165) is 25.7 Å². The predicted molar refractivity (Wildman–Crippen MR) is 73.3 cm³/mol. The van der Waals surface area contributed by atoms with E-state index in [2.05, 4.69) is 36.5 Å². The van der Waals surface area contributed by atoms with Crippen LogP contribution in [-0.4, -0.2) is 19.0 Å². The second kappa shape index (κ2) is 5.53. The van der Waals surface area contributed by atoms with Gasteiger partial charge in [0.15, 0.2) is 0 Å². The van der Waals surface area contributed by atoms with E-state index in [0.29, 0.717) is 13.1 Å². The van der Waals surface area contributed by atoms with Crippen LogP contribution >= 0.6 is 0 Å². The van der Waals surface area contributed by atoms with Crippen molar-refractivity contribution in [1.29, 1.82) is 0 Å². The van der Waals surface area contributed by atoms with Crippen molar-refractivity contribution in [1.82, 2.24) is 5.32 Å². The molecule has 0 atom stereocenters. The second-order valence-electron chi connectivity index (χ2n) is 5.16. The fourth-order valence-electron chi connectivity index (χ4n) is 2.12. The Kier molecular flexibility index (Phi) is 4.02. The van der Waals surface area contributed by atoms with E-state index >= 15 is 0 Å². The molecule has 1 saturated carbocycles. The molecule has 0 unspecified atom stereocenters. The van der Waals surface area contributed by atoms with Crippen molar-refractivity contribution in [3.63, 3.8) is 0 Å². The van der Waals surface area contributed by atoms with E-state index in [4.69, 9.17) is 5.73 Å². The van der Waals surface area contributed by atoms with Gasteiger partial charge >= 0.3 is 0 Å². The Labute approximate surface area is 109 Å². The Morgan fingerprint density at radius 2 is 1.89 bits per heavy atom. The van der Waals surface area contributed by atoms with Crippen molar-refractivity contribution in [2.45, 2.75) is 32.6 Å². The third kappa shape index (κ3) is 2.91. The molecule has 0 heterocycles. The average molecular weight is 246 g/mol. The zero-order chi connectivity index (χ0) is 13.0. The van der Waals surface area contributed by atoms with Crippen LogP contribution in [0.25, 0.3) is 0 Å². The molecule has 0 bridgehead atoms. The van der Waals surface area contributed by atoms with Crippen LogP contribution in [0.5, 0.6) is 0 Å². The van der Waals surface area contributed by atoms with Crippen LogP contribution in [0.1, 0.15) is 30.9 Å². The Morgan fingerprint density at radius 1 is 1.28 bits per heavy atom. The largest absolute Gasteiger partial charge is 0.355 e. The van der Waals surface area contributed by atoms with Crippen molar-refractivity contribution in [2.75, 3.05) is 13.1 Å². The zero-order valence-corrected chi connectivity index (χ0v) is 11.0. The standard InChI is InChI=1S/C15H22N2O/c1-2-12-3-5-13(6-4-12)7-10-17-14(18)15(11-16)8-9-15/h3-6H,2,7-11,16H2,1H3,(H,17,18). The Hall–Kier alpha value is -1.35. The second-order valence-corrected chi connectivity index (χ2v) is 5.16. The summed E-state index contributed by atoms with van der Waals surface area (Å²) in [6.07, 6.45) is 3.84. The first kappa shape index (κ1) is 13.1. The summed E-state index contributed by atoms with van der Waals surface area (Å²) < 4.78 is 0. The normalized spacial score (nSPS) is 16.3. The van der Waals surface area contributed by atoms with Gasteiger partial charge in [0.2, 0.25) is 5.91 Å². The monoisotopic (exact) mass is 246 g/mol. The molecule has 1 fully saturated rings. The van der Waals surface area contributed by atoms with Crippen molar-refractivity contribution < 1.29 is 4.79 Å². The molecule has 3 nitrogen and oxygen atoms in total. The number of nitrogens with two attached hydrogens (primary N) is 1. The molecule has 3 heteroatoms. The molecule has 0 saturated heterocycles. The van der Waals surface area contributed by atoms with E-state index in [-0.39, 0.29) is 11.3 Å². The van der Waals surface area contributed by atoms with Crippen LogP contribution in [0.15, 0.2) is 24.3 Å². The van der Waals surface area contributed by atoms with Crippen LogP contribution in [0, 0.1) is 5.41 Å². The lowest BCUT2D eigenvalue weighted by Crippen LogP contribution is -2.37. The molecule has 0 spiro atoms. The molecule has 98 valence electrons. The number of aryl methyl sites for hydroxylation is 1. The fraction of sp³-hybridized carbons (Fsp3) is 0.533. The first-order valence-corrected chi connectivity index (χ1v) is 6.76. The molecule has 1 aromatic carbocycles. The van der Waals surface area contributed by atoms with E-state index in [1.165, 1.54) is 11.1 Å². The highest BCUT2D eigenvalue weighted by atomic mass is 16.2. The molecule has 18 heavy (non-hydrogen) atoms. The molecule has 0 aromatic heterocycles. The molecule has 3 N–H and O–H groups in total. The van der Waals surface area contributed by atoms with Gasteiger partial charge in [-0.25, -0.2) is 0 Å². The van der Waals surface area contributed by atoms with E-state index < -0.39 is 0 Å². The van der Waals surface area contributed by atoms with Gasteiger partial charge in [-0.1, -0.05) is 31.2 Å². The van der Waals surface area contributed by atoms with E-state index in [1.54, 1.807) is 0 Å². The zero-order valence-electron chi connectivity index (χ0n) is 11.0. The minimum atomic E-state index is -0.230. The quantitative estimate of drug-likeness (QED) is 0.802.